The lowest BCUT2D eigenvalue weighted by Gasteiger charge is -2.26. The van der Waals surface area contributed by atoms with Crippen LogP contribution < -0.4 is 5.11 Å². The molecule has 0 rings (SSSR count). The van der Waals surface area contributed by atoms with Crippen LogP contribution in [-0.4, -0.2) is 82.3 Å². The van der Waals surface area contributed by atoms with Gasteiger partial charge >= 0.3 is 11.9 Å². The largest absolute Gasteiger partial charge is 0.545 e. The topological polar surface area (TPSA) is 111 Å². The summed E-state index contributed by atoms with van der Waals surface area (Å²) in [5.74, 6) is -2.40. The summed E-state index contributed by atoms with van der Waals surface area (Å²) in [5.41, 5.74) is 0. The van der Waals surface area contributed by atoms with E-state index in [2.05, 4.69) is 166 Å². The normalized spacial score (nSPS) is 14.0. The van der Waals surface area contributed by atoms with Gasteiger partial charge in [-0.2, -0.15) is 0 Å². The molecule has 0 N–H and O–H groups in total. The van der Waals surface area contributed by atoms with E-state index in [9.17, 15) is 19.5 Å². The second-order valence-corrected chi connectivity index (χ2v) is 19.5. The Bertz CT molecular complexity index is 1780. The van der Waals surface area contributed by atoms with Gasteiger partial charge in [-0.3, -0.25) is 9.59 Å². The van der Waals surface area contributed by atoms with Crippen LogP contribution in [0.25, 0.3) is 0 Å². The molecular weight excluding hydrogens is 935 g/mol. The molecule has 420 valence electrons. The Hall–Kier alpha value is -5.09. The molecule has 2 unspecified atom stereocenters. The average molecular weight is 1040 g/mol. The van der Waals surface area contributed by atoms with Gasteiger partial charge in [-0.25, -0.2) is 0 Å². The molecule has 0 aliphatic carbocycles. The number of esters is 2. The summed E-state index contributed by atoms with van der Waals surface area (Å²) in [4.78, 5) is 37.3. The van der Waals surface area contributed by atoms with Gasteiger partial charge in [0.15, 0.2) is 12.4 Å². The average Bonchev–Trinajstić information content (AvgIpc) is 3.38. The summed E-state index contributed by atoms with van der Waals surface area (Å²) in [6.45, 7) is 4.41. The van der Waals surface area contributed by atoms with Crippen LogP contribution in [0.15, 0.2) is 158 Å². The number of quaternary nitrogens is 1. The number of carboxylic acid groups (broad SMARTS) is 1. The molecule has 0 saturated heterocycles. The number of allylic oxidation sites excluding steroid dienone is 26. The third-order valence-corrected chi connectivity index (χ3v) is 11.3. The Morgan fingerprint density at radius 1 is 0.400 bits per heavy atom. The molecule has 9 nitrogen and oxygen atoms in total. The highest BCUT2D eigenvalue weighted by Gasteiger charge is 2.21. The first kappa shape index (κ1) is 69.9. The maximum absolute atomic E-state index is 12.8. The molecule has 0 heterocycles. The van der Waals surface area contributed by atoms with Crippen molar-refractivity contribution >= 4 is 17.9 Å². The van der Waals surface area contributed by atoms with Gasteiger partial charge < -0.3 is 33.3 Å². The van der Waals surface area contributed by atoms with Gasteiger partial charge in [0.1, 0.15) is 13.2 Å². The quantitative estimate of drug-likeness (QED) is 0.0195. The van der Waals surface area contributed by atoms with Crippen molar-refractivity contribution < 1.29 is 42.9 Å². The van der Waals surface area contributed by atoms with E-state index in [0.717, 1.165) is 109 Å². The van der Waals surface area contributed by atoms with E-state index in [4.69, 9.17) is 18.9 Å². The molecule has 2 atom stereocenters. The molecular formula is C66H103NO8. The van der Waals surface area contributed by atoms with E-state index < -0.39 is 30.3 Å². The summed E-state index contributed by atoms with van der Waals surface area (Å²) in [5, 5.41) is 11.8. The van der Waals surface area contributed by atoms with Crippen LogP contribution in [0.5, 0.6) is 0 Å². The van der Waals surface area contributed by atoms with E-state index in [1.165, 1.54) is 25.7 Å². The maximum Gasteiger partial charge on any atom is 0.306 e. The summed E-state index contributed by atoms with van der Waals surface area (Å²) in [6.07, 6.45) is 78.6. The second kappa shape index (κ2) is 55.2. The van der Waals surface area contributed by atoms with Crippen molar-refractivity contribution in [3.63, 3.8) is 0 Å². The van der Waals surface area contributed by atoms with Crippen LogP contribution in [0, 0.1) is 0 Å². The molecule has 9 heteroatoms. The monoisotopic (exact) mass is 1040 g/mol. The fourth-order valence-corrected chi connectivity index (χ4v) is 6.94. The van der Waals surface area contributed by atoms with Gasteiger partial charge in [0.25, 0.3) is 0 Å². The van der Waals surface area contributed by atoms with E-state index in [1.54, 1.807) is 0 Å². The third kappa shape index (κ3) is 56.5. The molecule has 75 heavy (non-hydrogen) atoms. The number of aliphatic carboxylic acids is 1. The fourth-order valence-electron chi connectivity index (χ4n) is 6.94. The highest BCUT2D eigenvalue weighted by molar-refractivity contribution is 5.70. The van der Waals surface area contributed by atoms with Crippen molar-refractivity contribution in [2.45, 2.75) is 193 Å². The van der Waals surface area contributed by atoms with Crippen LogP contribution in [-0.2, 0) is 33.3 Å². The summed E-state index contributed by atoms with van der Waals surface area (Å²) >= 11 is 0. The molecule has 0 aliphatic heterocycles. The van der Waals surface area contributed by atoms with E-state index in [1.807, 2.05) is 27.2 Å². The number of nitrogens with zero attached hydrogens (tertiary/aromatic N) is 1. The fraction of sp³-hybridized carbons (Fsp3) is 0.561. The van der Waals surface area contributed by atoms with Crippen LogP contribution in [0.3, 0.4) is 0 Å². The Labute approximate surface area is 457 Å². The van der Waals surface area contributed by atoms with Gasteiger partial charge in [-0.05, 0) is 116 Å². The van der Waals surface area contributed by atoms with Gasteiger partial charge in [0, 0.05) is 12.8 Å². The Balaban J connectivity index is 4.42. The zero-order chi connectivity index (χ0) is 54.8. The minimum Gasteiger partial charge on any atom is -0.545 e. The second-order valence-electron chi connectivity index (χ2n) is 19.5. The number of hydrogen-bond acceptors (Lipinski definition) is 8. The SMILES string of the molecule is CC/C=C\C/C=C\C/C=C\C/C=C\C/C=C\C/C=C\C/C=C\CCCC(=O)OC(COC(=O)CCCCCCCCCC/C=C\C/C=C\C/C=C\C/C=C\C/C=C\C/C=C\CC)COC(OCC[N+](C)(C)C)C(=O)[O-]. The van der Waals surface area contributed by atoms with Crippen molar-refractivity contribution in [3.05, 3.63) is 158 Å². The number of likely N-dealkylation sites (N-methyl/N-ethyl adjacent to an activating group) is 1. The predicted octanol–water partition coefficient (Wildman–Crippen LogP) is 15.7. The van der Waals surface area contributed by atoms with Crippen molar-refractivity contribution in [2.75, 3.05) is 47.5 Å². The molecule has 0 saturated carbocycles. The number of ether oxygens (including phenoxy) is 4. The number of hydrogen-bond donors (Lipinski definition) is 0. The molecule has 0 spiro atoms. The smallest absolute Gasteiger partial charge is 0.306 e. The summed E-state index contributed by atoms with van der Waals surface area (Å²) in [7, 11) is 5.88. The highest BCUT2D eigenvalue weighted by atomic mass is 16.7. The van der Waals surface area contributed by atoms with E-state index >= 15 is 0 Å². The first-order valence-electron chi connectivity index (χ1n) is 28.6. The van der Waals surface area contributed by atoms with Crippen LogP contribution in [0.1, 0.15) is 181 Å². The predicted molar refractivity (Wildman–Crippen MR) is 315 cm³/mol. The van der Waals surface area contributed by atoms with Gasteiger partial charge in [0.05, 0.1) is 40.3 Å². The lowest BCUT2D eigenvalue weighted by atomic mass is 10.1. The first-order chi connectivity index (χ1) is 36.6. The minimum atomic E-state index is -1.65. The Morgan fingerprint density at radius 3 is 1.11 bits per heavy atom. The van der Waals surface area contributed by atoms with Crippen molar-refractivity contribution in [1.82, 2.24) is 0 Å². The van der Waals surface area contributed by atoms with Crippen molar-refractivity contribution in [2.24, 2.45) is 0 Å². The number of unbranched alkanes of at least 4 members (excludes halogenated alkanes) is 9. The third-order valence-electron chi connectivity index (χ3n) is 11.3. The number of carboxylic acids is 1. The Kier molecular flexibility index (Phi) is 51.4. The standard InChI is InChI=1S/C66H103NO8/c1-6-8-10-12-14-16-18-20-22-24-26-28-30-31-32-33-35-36-38-40-42-44-46-48-50-52-54-56-63(68)73-60-62(61-74-66(65(70)71)72-59-58-67(3,4)5)75-64(69)57-55-53-51-49-47-45-43-41-39-37-34-29-27-25-23-21-19-17-15-13-11-9-7-2/h8-11,14-17,20-23,26-29,31-32,35-37,39,43,45,49,51,62,66H,6-7,12-13,18-19,24-25,30,33-34,38,40-42,44,46-48,50,52-61H2,1-5H3/b10-8-,11-9-,16-14-,17-15-,22-20-,23-21-,28-26-,29-27-,32-31-,36-35-,39-37-,45-43-,51-49-. The molecule has 0 aromatic carbocycles. The van der Waals surface area contributed by atoms with Crippen molar-refractivity contribution in [3.8, 4) is 0 Å². The summed E-state index contributed by atoms with van der Waals surface area (Å²) < 4.78 is 22.6. The Morgan fingerprint density at radius 2 is 0.733 bits per heavy atom. The molecule has 0 radical (unpaired) electrons. The van der Waals surface area contributed by atoms with Gasteiger partial charge in [0.2, 0.25) is 0 Å². The van der Waals surface area contributed by atoms with Crippen LogP contribution in [0.4, 0.5) is 0 Å². The first-order valence-corrected chi connectivity index (χ1v) is 28.6. The lowest BCUT2D eigenvalue weighted by Crippen LogP contribution is -2.44. The van der Waals surface area contributed by atoms with E-state index in [-0.39, 0.29) is 32.7 Å². The molecule has 0 amide bonds. The zero-order valence-corrected chi connectivity index (χ0v) is 47.6. The van der Waals surface area contributed by atoms with E-state index in [0.29, 0.717) is 30.3 Å². The summed E-state index contributed by atoms with van der Waals surface area (Å²) in [6, 6.07) is 0. The number of carbonyl (C=O) groups excluding carboxylic acids is 3. The zero-order valence-electron chi connectivity index (χ0n) is 47.6. The van der Waals surface area contributed by atoms with Gasteiger partial charge in [-0.1, -0.05) is 210 Å². The maximum atomic E-state index is 12.8. The molecule has 0 aromatic rings. The molecule has 0 fully saturated rings. The molecule has 0 aliphatic rings. The number of carbonyl (C=O) groups is 3. The number of rotatable bonds is 50. The van der Waals surface area contributed by atoms with Crippen LogP contribution >= 0.6 is 0 Å². The minimum absolute atomic E-state index is 0.125. The van der Waals surface area contributed by atoms with Crippen molar-refractivity contribution in [1.29, 1.82) is 0 Å². The lowest BCUT2D eigenvalue weighted by molar-refractivity contribution is -0.870. The highest BCUT2D eigenvalue weighted by Crippen LogP contribution is 2.13. The molecule has 0 aromatic heterocycles. The molecule has 0 bridgehead atoms. The van der Waals surface area contributed by atoms with Crippen LogP contribution in [0.2, 0.25) is 0 Å². The van der Waals surface area contributed by atoms with Gasteiger partial charge in [-0.15, -0.1) is 0 Å².